The molecule has 4 heterocycles. The van der Waals surface area contributed by atoms with E-state index in [-0.39, 0.29) is 55.1 Å². The van der Waals surface area contributed by atoms with Crippen LogP contribution in [0.15, 0.2) is 29.1 Å². The first-order valence-corrected chi connectivity index (χ1v) is 21.5. The number of carbonyl (C=O) groups is 4. The number of hydrogen-bond donors (Lipinski definition) is 2. The molecule has 0 saturated heterocycles. The van der Waals surface area contributed by atoms with Crippen LogP contribution >= 0.6 is 0 Å². The van der Waals surface area contributed by atoms with Gasteiger partial charge in [0, 0.05) is 29.6 Å². The van der Waals surface area contributed by atoms with E-state index < -0.39 is 49.0 Å². The van der Waals surface area contributed by atoms with E-state index in [2.05, 4.69) is 44.5 Å². The van der Waals surface area contributed by atoms with E-state index in [0.29, 0.717) is 28.2 Å². The van der Waals surface area contributed by atoms with Crippen LogP contribution in [0.5, 0.6) is 0 Å². The van der Waals surface area contributed by atoms with Crippen molar-refractivity contribution in [3.05, 3.63) is 51.3 Å². The highest BCUT2D eigenvalue weighted by molar-refractivity contribution is 6.94. The lowest BCUT2D eigenvalue weighted by Crippen LogP contribution is -2.51. The number of anilines is 1. The van der Waals surface area contributed by atoms with Crippen molar-refractivity contribution in [1.29, 1.82) is 0 Å². The molecule has 2 aliphatic rings. The molecular weight excluding hydrogens is 709 g/mol. The van der Waals surface area contributed by atoms with Crippen molar-refractivity contribution in [2.45, 2.75) is 137 Å². The van der Waals surface area contributed by atoms with Crippen LogP contribution in [0.3, 0.4) is 0 Å². The molecule has 13 nitrogen and oxygen atoms in total. The first-order valence-electron chi connectivity index (χ1n) is 18.5. The van der Waals surface area contributed by atoms with Gasteiger partial charge in [-0.15, -0.1) is 0 Å². The van der Waals surface area contributed by atoms with Crippen LogP contribution in [0.2, 0.25) is 18.1 Å². The molecule has 0 spiro atoms. The third kappa shape index (κ3) is 7.89. The fourth-order valence-electron chi connectivity index (χ4n) is 6.81. The summed E-state index contributed by atoms with van der Waals surface area (Å²) < 4.78 is 23.9. The molecule has 0 fully saturated rings. The number of cyclic esters (lactones) is 1. The standard InChI is InChI=1S/C40H54N4O9Si/c1-13-40(51-30(45)15-14-18-41-35(48)52-37(2,3)4)27-20-29-31-25(21-44(29)33(46)26(27)22-50-34(40)47)32(54(11,12)39(8,9)10)24-19-23(16-17-28(24)43-31)42-36(49)53-38(5,6)7/h16-17,19-20H,13-15,18,21-22H2,1-12H3,(H,41,48)(H,42,49). The Morgan fingerprint density at radius 1 is 0.944 bits per heavy atom. The number of benzene rings is 1. The maximum Gasteiger partial charge on any atom is 0.412 e. The zero-order valence-corrected chi connectivity index (χ0v) is 34.6. The summed E-state index contributed by atoms with van der Waals surface area (Å²) in [6.07, 6.45) is -0.992. The maximum absolute atomic E-state index is 14.4. The number of aromatic nitrogens is 2. The number of pyridine rings is 2. The number of esters is 2. The second-order valence-corrected chi connectivity index (χ2v) is 22.9. The molecular formula is C40H54N4O9Si. The monoisotopic (exact) mass is 762 g/mol. The quantitative estimate of drug-likeness (QED) is 0.0827. The zero-order valence-electron chi connectivity index (χ0n) is 33.6. The average molecular weight is 763 g/mol. The number of hydrogen-bond acceptors (Lipinski definition) is 10. The average Bonchev–Trinajstić information content (AvgIpc) is 3.39. The predicted octanol–water partition coefficient (Wildman–Crippen LogP) is 7.00. The zero-order chi connectivity index (χ0) is 40.2. The molecule has 0 aliphatic carbocycles. The summed E-state index contributed by atoms with van der Waals surface area (Å²) in [6, 6.07) is 7.31. The maximum atomic E-state index is 14.4. The fraction of sp³-hybridized carbons (Fsp3) is 0.550. The molecule has 2 aliphatic heterocycles. The first-order chi connectivity index (χ1) is 24.9. The Bertz CT molecular complexity index is 2090. The van der Waals surface area contributed by atoms with Crippen LogP contribution < -0.4 is 21.4 Å². The molecule has 1 unspecified atom stereocenters. The van der Waals surface area contributed by atoms with Crippen molar-refractivity contribution in [3.63, 3.8) is 0 Å². The molecule has 14 heteroatoms. The summed E-state index contributed by atoms with van der Waals surface area (Å²) in [6.45, 7) is 23.8. The van der Waals surface area contributed by atoms with Crippen LogP contribution in [0.4, 0.5) is 15.3 Å². The fourth-order valence-corrected chi connectivity index (χ4v) is 9.38. The lowest BCUT2D eigenvalue weighted by atomic mass is 9.85. The lowest BCUT2D eigenvalue weighted by Gasteiger charge is -2.39. The Balaban J connectivity index is 1.57. The topological polar surface area (TPSA) is 164 Å². The van der Waals surface area contributed by atoms with Crippen LogP contribution in [-0.4, -0.2) is 59.5 Å². The van der Waals surface area contributed by atoms with Gasteiger partial charge in [0.15, 0.2) is 0 Å². The van der Waals surface area contributed by atoms with E-state index >= 15 is 0 Å². The summed E-state index contributed by atoms with van der Waals surface area (Å²) in [5.74, 6) is -1.42. The first kappa shape index (κ1) is 40.5. The summed E-state index contributed by atoms with van der Waals surface area (Å²) in [7, 11) is -2.38. The predicted molar refractivity (Wildman–Crippen MR) is 209 cm³/mol. The third-order valence-electron chi connectivity index (χ3n) is 10.3. The second kappa shape index (κ2) is 14.2. The van der Waals surface area contributed by atoms with Gasteiger partial charge < -0.3 is 28.8 Å². The number of amides is 2. The van der Waals surface area contributed by atoms with Gasteiger partial charge in [-0.1, -0.05) is 40.8 Å². The van der Waals surface area contributed by atoms with Gasteiger partial charge in [-0.05, 0) is 94.4 Å². The summed E-state index contributed by atoms with van der Waals surface area (Å²) in [4.78, 5) is 71.1. The molecule has 292 valence electrons. The number of rotatable bonds is 8. The molecule has 0 bridgehead atoms. The highest BCUT2D eigenvalue weighted by Crippen LogP contribution is 2.44. The summed E-state index contributed by atoms with van der Waals surface area (Å²) in [5.41, 5.74) is 0.321. The molecule has 3 aromatic rings. The molecule has 2 amide bonds. The van der Waals surface area contributed by atoms with E-state index in [0.717, 1.165) is 16.1 Å². The van der Waals surface area contributed by atoms with Gasteiger partial charge in [-0.25, -0.2) is 19.4 Å². The largest absolute Gasteiger partial charge is 0.457 e. The van der Waals surface area contributed by atoms with Gasteiger partial charge in [-0.2, -0.15) is 0 Å². The van der Waals surface area contributed by atoms with Gasteiger partial charge in [0.1, 0.15) is 17.8 Å². The number of nitrogens with zero attached hydrogens (tertiary/aromatic N) is 2. The molecule has 5 rings (SSSR count). The molecule has 0 radical (unpaired) electrons. The van der Waals surface area contributed by atoms with Crippen LogP contribution in [-0.2, 0) is 47.3 Å². The number of fused-ring (bicyclic) bond motifs is 5. The van der Waals surface area contributed by atoms with E-state index in [4.69, 9.17) is 23.9 Å². The smallest absolute Gasteiger partial charge is 0.412 e. The minimum absolute atomic E-state index is 0.0320. The normalized spacial score (nSPS) is 16.9. The van der Waals surface area contributed by atoms with Gasteiger partial charge in [0.25, 0.3) is 5.56 Å². The Hall–Kier alpha value is -4.72. The number of ether oxygens (including phenoxy) is 4. The molecule has 54 heavy (non-hydrogen) atoms. The lowest BCUT2D eigenvalue weighted by molar-refractivity contribution is -0.189. The second-order valence-electron chi connectivity index (χ2n) is 17.6. The van der Waals surface area contributed by atoms with E-state index in [1.807, 2.05) is 12.1 Å². The minimum Gasteiger partial charge on any atom is -0.457 e. The molecule has 1 atom stereocenters. The molecule has 2 N–H and O–H groups in total. The third-order valence-corrected chi connectivity index (χ3v) is 15.9. The number of alkyl carbamates (subject to hydrolysis) is 1. The highest BCUT2D eigenvalue weighted by atomic mass is 28.3. The summed E-state index contributed by atoms with van der Waals surface area (Å²) >= 11 is 0. The van der Waals surface area contributed by atoms with Gasteiger partial charge in [-0.3, -0.25) is 14.9 Å². The van der Waals surface area contributed by atoms with E-state index in [9.17, 15) is 24.0 Å². The highest BCUT2D eigenvalue weighted by Gasteiger charge is 2.51. The minimum atomic E-state index is -2.38. The van der Waals surface area contributed by atoms with Crippen LogP contribution in [0, 0.1) is 0 Å². The molecule has 1 aromatic carbocycles. The number of nitrogens with one attached hydrogen (secondary N) is 2. The van der Waals surface area contributed by atoms with Crippen molar-refractivity contribution >= 4 is 54.0 Å². The van der Waals surface area contributed by atoms with E-state index in [1.165, 1.54) is 0 Å². The Kier molecular flexibility index (Phi) is 10.6. The van der Waals surface area contributed by atoms with Gasteiger partial charge in [0.05, 0.1) is 37.1 Å². The van der Waals surface area contributed by atoms with Crippen molar-refractivity contribution in [1.82, 2.24) is 14.9 Å². The van der Waals surface area contributed by atoms with Gasteiger partial charge >= 0.3 is 24.1 Å². The van der Waals surface area contributed by atoms with Gasteiger partial charge in [0.2, 0.25) is 5.60 Å². The van der Waals surface area contributed by atoms with Crippen molar-refractivity contribution < 1.29 is 38.1 Å². The van der Waals surface area contributed by atoms with Crippen LogP contribution in [0.1, 0.15) is 105 Å². The Morgan fingerprint density at radius 2 is 1.59 bits per heavy atom. The molecule has 0 saturated carbocycles. The van der Waals surface area contributed by atoms with Crippen molar-refractivity contribution in [2.75, 3.05) is 11.9 Å². The van der Waals surface area contributed by atoms with Crippen molar-refractivity contribution in [2.24, 2.45) is 0 Å². The molecule has 2 aromatic heterocycles. The Morgan fingerprint density at radius 3 is 2.20 bits per heavy atom. The SMILES string of the molecule is CCC1(OC(=O)CCCNC(=O)OC(C)(C)C)C(=O)OCc2c1cc1n(c2=O)Cc2c-1nc1ccc(NC(=O)OC(C)(C)C)cc1c2[Si](C)(C)C(C)(C)C. The van der Waals surface area contributed by atoms with Crippen molar-refractivity contribution in [3.8, 4) is 11.4 Å². The summed E-state index contributed by atoms with van der Waals surface area (Å²) in [5, 5.41) is 7.36. The van der Waals surface area contributed by atoms with Crippen LogP contribution in [0.25, 0.3) is 22.3 Å². The van der Waals surface area contributed by atoms with E-state index in [1.54, 1.807) is 65.2 Å². The number of carbonyl (C=O) groups excluding carboxylic acids is 4. The Labute approximate surface area is 317 Å².